The first-order valence-electron chi connectivity index (χ1n) is 12.3. The smallest absolute Gasteiger partial charge is 0.0715 e. The third-order valence-corrected chi connectivity index (χ3v) is 6.51. The van der Waals surface area contributed by atoms with E-state index in [0.717, 1.165) is 35.6 Å². The van der Waals surface area contributed by atoms with Crippen LogP contribution in [0, 0.1) is 0 Å². The lowest BCUT2D eigenvalue weighted by molar-refractivity contribution is 0.866. The summed E-state index contributed by atoms with van der Waals surface area (Å²) < 4.78 is 0. The van der Waals surface area contributed by atoms with Gasteiger partial charge < -0.3 is 14.7 Å². The van der Waals surface area contributed by atoms with Crippen LogP contribution in [0.5, 0.6) is 0 Å². The van der Waals surface area contributed by atoms with Crippen LogP contribution in [0.2, 0.25) is 0 Å². The predicted molar refractivity (Wildman–Crippen MR) is 153 cm³/mol. The van der Waals surface area contributed by atoms with Gasteiger partial charge in [0, 0.05) is 69.5 Å². The third-order valence-electron chi connectivity index (χ3n) is 6.51. The lowest BCUT2D eigenvalue weighted by Gasteiger charge is -2.21. The normalized spacial score (nSPS) is 10.8. The van der Waals surface area contributed by atoms with Gasteiger partial charge in [-0.1, -0.05) is 36.4 Å². The van der Waals surface area contributed by atoms with Gasteiger partial charge in [0.2, 0.25) is 0 Å². The zero-order chi connectivity index (χ0) is 24.9. The second-order valence-electron chi connectivity index (χ2n) is 9.23. The molecule has 0 bridgehead atoms. The lowest BCUT2D eigenvalue weighted by Crippen LogP contribution is -2.21. The fourth-order valence-electron chi connectivity index (χ4n) is 4.31. The summed E-state index contributed by atoms with van der Waals surface area (Å²) in [5.74, 6) is 0. The van der Waals surface area contributed by atoms with E-state index >= 15 is 0 Å². The van der Waals surface area contributed by atoms with Crippen LogP contribution in [0.15, 0.2) is 84.9 Å². The number of anilines is 3. The van der Waals surface area contributed by atoms with Gasteiger partial charge in [0.05, 0.1) is 11.4 Å². The first-order chi connectivity index (χ1) is 16.9. The molecule has 1 aromatic heterocycles. The SMILES string of the molecule is CCN(CC)c1ccc(-c2cc(-c3ccc(N(C)C)cc3)nc(-c3ccc(N(C)C)cc3)c2)cc1. The molecule has 0 amide bonds. The number of rotatable bonds is 8. The van der Waals surface area contributed by atoms with Crippen LogP contribution in [0.1, 0.15) is 13.8 Å². The van der Waals surface area contributed by atoms with Crippen molar-refractivity contribution in [3.63, 3.8) is 0 Å². The lowest BCUT2D eigenvalue weighted by atomic mass is 9.99. The molecule has 0 fully saturated rings. The molecule has 0 aliphatic heterocycles. The van der Waals surface area contributed by atoms with Crippen LogP contribution in [-0.2, 0) is 0 Å². The molecule has 35 heavy (non-hydrogen) atoms. The van der Waals surface area contributed by atoms with Gasteiger partial charge in [-0.25, -0.2) is 4.98 Å². The summed E-state index contributed by atoms with van der Waals surface area (Å²) in [6.07, 6.45) is 0. The number of hydrogen-bond donors (Lipinski definition) is 0. The maximum atomic E-state index is 5.09. The van der Waals surface area contributed by atoms with E-state index in [4.69, 9.17) is 4.98 Å². The Morgan fingerprint density at radius 1 is 0.486 bits per heavy atom. The molecule has 0 atom stereocenters. The van der Waals surface area contributed by atoms with Crippen LogP contribution < -0.4 is 14.7 Å². The molecule has 180 valence electrons. The number of hydrogen-bond acceptors (Lipinski definition) is 4. The first-order valence-corrected chi connectivity index (χ1v) is 12.3. The first kappa shape index (κ1) is 24.3. The van der Waals surface area contributed by atoms with E-state index in [1.165, 1.54) is 28.2 Å². The minimum Gasteiger partial charge on any atom is -0.378 e. The van der Waals surface area contributed by atoms with E-state index in [0.29, 0.717) is 0 Å². The average Bonchev–Trinajstić information content (AvgIpc) is 2.89. The highest BCUT2D eigenvalue weighted by molar-refractivity contribution is 5.78. The van der Waals surface area contributed by atoms with Crippen LogP contribution in [0.4, 0.5) is 17.1 Å². The highest BCUT2D eigenvalue weighted by Crippen LogP contribution is 2.32. The second kappa shape index (κ2) is 10.6. The van der Waals surface area contributed by atoms with Crippen LogP contribution in [0.3, 0.4) is 0 Å². The third kappa shape index (κ3) is 5.48. The Morgan fingerprint density at radius 2 is 0.857 bits per heavy atom. The van der Waals surface area contributed by atoms with Gasteiger partial charge in [-0.2, -0.15) is 0 Å². The molecule has 4 aromatic rings. The van der Waals surface area contributed by atoms with Crippen LogP contribution in [0.25, 0.3) is 33.6 Å². The van der Waals surface area contributed by atoms with Crippen LogP contribution >= 0.6 is 0 Å². The average molecular weight is 465 g/mol. The summed E-state index contributed by atoms with van der Waals surface area (Å²) in [6, 6.07) is 30.5. The van der Waals surface area contributed by atoms with E-state index in [-0.39, 0.29) is 0 Å². The highest BCUT2D eigenvalue weighted by atomic mass is 15.1. The zero-order valence-electron chi connectivity index (χ0n) is 21.8. The fraction of sp³-hybridized carbons (Fsp3) is 0.258. The van der Waals surface area contributed by atoms with Crippen molar-refractivity contribution in [3.8, 4) is 33.6 Å². The topological polar surface area (TPSA) is 22.6 Å². The fourth-order valence-corrected chi connectivity index (χ4v) is 4.31. The van der Waals surface area contributed by atoms with Gasteiger partial charge >= 0.3 is 0 Å². The Kier molecular flexibility index (Phi) is 7.40. The summed E-state index contributed by atoms with van der Waals surface area (Å²) in [6.45, 7) is 6.40. The van der Waals surface area contributed by atoms with Crippen molar-refractivity contribution >= 4 is 17.1 Å². The molecule has 1 heterocycles. The van der Waals surface area contributed by atoms with E-state index in [9.17, 15) is 0 Å². The molecule has 4 rings (SSSR count). The molecule has 0 saturated heterocycles. The van der Waals surface area contributed by atoms with Crippen molar-refractivity contribution in [1.82, 2.24) is 4.98 Å². The molecule has 0 saturated carbocycles. The largest absolute Gasteiger partial charge is 0.378 e. The minimum absolute atomic E-state index is 0.979. The quantitative estimate of drug-likeness (QED) is 0.278. The Bertz CT molecular complexity index is 1170. The van der Waals surface area contributed by atoms with Crippen LogP contribution in [-0.4, -0.2) is 46.3 Å². The minimum atomic E-state index is 0.979. The van der Waals surface area contributed by atoms with Gasteiger partial charge in [-0.15, -0.1) is 0 Å². The number of pyridine rings is 1. The molecule has 0 spiro atoms. The molecule has 0 unspecified atom stereocenters. The monoisotopic (exact) mass is 464 g/mol. The Morgan fingerprint density at radius 3 is 1.23 bits per heavy atom. The Balaban J connectivity index is 1.79. The van der Waals surface area contributed by atoms with Crippen molar-refractivity contribution in [2.24, 2.45) is 0 Å². The van der Waals surface area contributed by atoms with Gasteiger partial charge in [0.15, 0.2) is 0 Å². The maximum Gasteiger partial charge on any atom is 0.0715 e. The van der Waals surface area contributed by atoms with Crippen molar-refractivity contribution in [2.75, 3.05) is 56.0 Å². The van der Waals surface area contributed by atoms with E-state index in [1.54, 1.807) is 0 Å². The summed E-state index contributed by atoms with van der Waals surface area (Å²) in [7, 11) is 8.24. The maximum absolute atomic E-state index is 5.09. The second-order valence-corrected chi connectivity index (χ2v) is 9.23. The number of nitrogens with zero attached hydrogens (tertiary/aromatic N) is 4. The molecule has 0 N–H and O–H groups in total. The summed E-state index contributed by atoms with van der Waals surface area (Å²) in [5, 5.41) is 0. The zero-order valence-corrected chi connectivity index (χ0v) is 21.8. The molecular weight excluding hydrogens is 428 g/mol. The summed E-state index contributed by atoms with van der Waals surface area (Å²) in [5.41, 5.74) is 10.2. The van der Waals surface area contributed by atoms with Crippen molar-refractivity contribution < 1.29 is 0 Å². The summed E-state index contributed by atoms with van der Waals surface area (Å²) >= 11 is 0. The van der Waals surface area contributed by atoms with Gasteiger partial charge in [-0.05, 0) is 73.5 Å². The van der Waals surface area contributed by atoms with E-state index in [2.05, 4.69) is 142 Å². The molecule has 0 aliphatic carbocycles. The number of aromatic nitrogens is 1. The predicted octanol–water partition coefficient (Wildman–Crippen LogP) is 7.06. The van der Waals surface area contributed by atoms with Crippen molar-refractivity contribution in [3.05, 3.63) is 84.9 Å². The van der Waals surface area contributed by atoms with Crippen molar-refractivity contribution in [2.45, 2.75) is 13.8 Å². The van der Waals surface area contributed by atoms with E-state index in [1.807, 2.05) is 0 Å². The van der Waals surface area contributed by atoms with Gasteiger partial charge in [0.25, 0.3) is 0 Å². The molecule has 4 nitrogen and oxygen atoms in total. The standard InChI is InChI=1S/C31H36N4/c1-7-35(8-2)29-19-9-23(10-20-29)26-21-30(24-11-15-27(16-12-24)33(3)4)32-31(22-26)25-13-17-28(18-14-25)34(5)6/h9-22H,7-8H2,1-6H3. The molecule has 3 aromatic carbocycles. The highest BCUT2D eigenvalue weighted by Gasteiger charge is 2.11. The van der Waals surface area contributed by atoms with Crippen molar-refractivity contribution in [1.29, 1.82) is 0 Å². The Labute approximate surface area is 210 Å². The molecule has 0 radical (unpaired) electrons. The molecule has 4 heteroatoms. The summed E-state index contributed by atoms with van der Waals surface area (Å²) in [4.78, 5) is 11.7. The van der Waals surface area contributed by atoms with Gasteiger partial charge in [-0.3, -0.25) is 0 Å². The Hall–Kier alpha value is -3.79. The van der Waals surface area contributed by atoms with Gasteiger partial charge in [0.1, 0.15) is 0 Å². The molecular formula is C31H36N4. The molecule has 0 aliphatic rings. The van der Waals surface area contributed by atoms with E-state index < -0.39 is 0 Å². The number of benzene rings is 3.